The Morgan fingerprint density at radius 2 is 2.19 bits per heavy atom. The highest BCUT2D eigenvalue weighted by Gasteiger charge is 2.32. The van der Waals surface area contributed by atoms with Gasteiger partial charge < -0.3 is 9.72 Å². The fourth-order valence-electron chi connectivity index (χ4n) is 1.11. The average molecular weight is 232 g/mol. The number of hydrogen-bond donors (Lipinski definition) is 1. The highest BCUT2D eigenvalue weighted by atomic mass is 19.4. The van der Waals surface area contributed by atoms with Gasteiger partial charge in [-0.15, -0.1) is 13.2 Å². The van der Waals surface area contributed by atoms with Gasteiger partial charge >= 0.3 is 6.36 Å². The first-order valence-electron chi connectivity index (χ1n) is 4.19. The van der Waals surface area contributed by atoms with Crippen molar-refractivity contribution in [3.8, 4) is 11.9 Å². The van der Waals surface area contributed by atoms with Crippen molar-refractivity contribution in [1.82, 2.24) is 4.98 Å². The van der Waals surface area contributed by atoms with Crippen LogP contribution in [0.4, 0.5) is 13.2 Å². The second-order valence-corrected chi connectivity index (χ2v) is 2.98. The number of halogens is 3. The minimum absolute atomic E-state index is 0.106. The molecule has 0 amide bonds. The van der Waals surface area contributed by atoms with Crippen molar-refractivity contribution < 1.29 is 17.9 Å². The van der Waals surface area contributed by atoms with E-state index in [4.69, 9.17) is 5.26 Å². The van der Waals surface area contributed by atoms with Crippen LogP contribution >= 0.6 is 0 Å². The number of aromatic nitrogens is 1. The Morgan fingerprint density at radius 3 is 2.69 bits per heavy atom. The van der Waals surface area contributed by atoms with E-state index in [-0.39, 0.29) is 17.5 Å². The largest absolute Gasteiger partial charge is 0.574 e. The summed E-state index contributed by atoms with van der Waals surface area (Å²) in [4.78, 5) is 13.6. The fraction of sp³-hybridized carbons (Fsp3) is 0.333. The Balaban J connectivity index is 3.14. The van der Waals surface area contributed by atoms with E-state index in [1.807, 2.05) is 0 Å². The van der Waals surface area contributed by atoms with Crippen molar-refractivity contribution in [2.24, 2.45) is 0 Å². The molecule has 0 aliphatic carbocycles. The molecule has 1 heterocycles. The summed E-state index contributed by atoms with van der Waals surface area (Å²) in [6.45, 7) is 1.20. The molecule has 0 aliphatic heterocycles. The number of ether oxygens (including phenoxy) is 1. The lowest BCUT2D eigenvalue weighted by molar-refractivity contribution is -0.276. The molecule has 0 atom stereocenters. The van der Waals surface area contributed by atoms with Gasteiger partial charge in [0.05, 0.1) is 18.1 Å². The maximum absolute atomic E-state index is 11.9. The predicted octanol–water partition coefficient (Wildman–Crippen LogP) is 1.65. The normalized spacial score (nSPS) is 10.9. The molecule has 1 rings (SSSR count). The standard InChI is InChI=1S/C9H7F3N2O2/c1-5-7(15)6(2-3-13)4-14-8(5)16-9(10,11)12/h4H,2H2,1H3,(H,14,15). The number of pyridine rings is 1. The van der Waals surface area contributed by atoms with E-state index in [1.165, 1.54) is 6.92 Å². The van der Waals surface area contributed by atoms with Crippen LogP contribution in [0.3, 0.4) is 0 Å². The highest BCUT2D eigenvalue weighted by Crippen LogP contribution is 2.22. The first-order valence-corrected chi connectivity index (χ1v) is 4.19. The van der Waals surface area contributed by atoms with Gasteiger partial charge in [0.15, 0.2) is 5.43 Å². The summed E-state index contributed by atoms with van der Waals surface area (Å²) >= 11 is 0. The van der Waals surface area contributed by atoms with E-state index in [1.54, 1.807) is 6.07 Å². The maximum atomic E-state index is 11.9. The van der Waals surface area contributed by atoms with Crippen molar-refractivity contribution in [2.75, 3.05) is 0 Å². The van der Waals surface area contributed by atoms with Crippen LogP contribution in [0.2, 0.25) is 0 Å². The molecule has 86 valence electrons. The maximum Gasteiger partial charge on any atom is 0.574 e. The summed E-state index contributed by atoms with van der Waals surface area (Å²) in [5.41, 5.74) is -0.723. The first-order chi connectivity index (χ1) is 7.35. The lowest BCUT2D eigenvalue weighted by Crippen LogP contribution is -2.22. The van der Waals surface area contributed by atoms with Gasteiger partial charge in [-0.1, -0.05) is 0 Å². The Hall–Kier alpha value is -1.97. The van der Waals surface area contributed by atoms with E-state index in [2.05, 4.69) is 9.72 Å². The Bertz CT molecular complexity index is 485. The van der Waals surface area contributed by atoms with Gasteiger partial charge in [0, 0.05) is 11.8 Å². The van der Waals surface area contributed by atoms with Gasteiger partial charge in [0.25, 0.3) is 0 Å². The number of nitriles is 1. The van der Waals surface area contributed by atoms with E-state index in [0.29, 0.717) is 0 Å². The quantitative estimate of drug-likeness (QED) is 0.842. The Kier molecular flexibility index (Phi) is 3.22. The number of rotatable bonds is 2. The van der Waals surface area contributed by atoms with Crippen LogP contribution in [0.15, 0.2) is 11.0 Å². The molecule has 0 unspecified atom stereocenters. The molecular weight excluding hydrogens is 225 g/mol. The van der Waals surface area contributed by atoms with Crippen LogP contribution in [0.25, 0.3) is 0 Å². The molecule has 0 bridgehead atoms. The number of aromatic amines is 1. The number of hydrogen-bond acceptors (Lipinski definition) is 3. The third-order valence-electron chi connectivity index (χ3n) is 1.84. The van der Waals surface area contributed by atoms with Crippen molar-refractivity contribution in [1.29, 1.82) is 5.26 Å². The minimum atomic E-state index is -4.86. The Labute approximate surface area is 88.3 Å². The van der Waals surface area contributed by atoms with Crippen molar-refractivity contribution in [3.63, 3.8) is 0 Å². The highest BCUT2D eigenvalue weighted by molar-refractivity contribution is 5.30. The average Bonchev–Trinajstić information content (AvgIpc) is 2.16. The summed E-state index contributed by atoms with van der Waals surface area (Å²) in [6, 6.07) is 1.74. The number of H-pyrrole nitrogens is 1. The molecule has 1 aromatic rings. The third-order valence-corrected chi connectivity index (χ3v) is 1.84. The van der Waals surface area contributed by atoms with Gasteiger partial charge in [-0.3, -0.25) is 4.79 Å². The molecule has 0 aliphatic rings. The second kappa shape index (κ2) is 4.26. The van der Waals surface area contributed by atoms with Gasteiger partial charge in [0.2, 0.25) is 5.88 Å². The predicted molar refractivity (Wildman–Crippen MR) is 47.8 cm³/mol. The molecule has 0 fully saturated rings. The molecule has 7 heteroatoms. The number of nitrogens with zero attached hydrogens (tertiary/aromatic N) is 1. The molecule has 1 aromatic heterocycles. The summed E-state index contributed by atoms with van der Waals surface area (Å²) < 4.78 is 39.3. The molecule has 0 spiro atoms. The van der Waals surface area contributed by atoms with Crippen LogP contribution in [0, 0.1) is 18.3 Å². The van der Waals surface area contributed by atoms with Gasteiger partial charge in [-0.25, -0.2) is 0 Å². The van der Waals surface area contributed by atoms with Crippen molar-refractivity contribution in [3.05, 3.63) is 27.5 Å². The van der Waals surface area contributed by atoms with Crippen molar-refractivity contribution in [2.45, 2.75) is 19.7 Å². The van der Waals surface area contributed by atoms with Crippen LogP contribution in [-0.2, 0) is 6.42 Å². The lowest BCUT2D eigenvalue weighted by Gasteiger charge is -2.10. The minimum Gasteiger partial charge on any atom is -0.390 e. The molecule has 0 saturated heterocycles. The number of alkyl halides is 3. The third kappa shape index (κ3) is 2.76. The van der Waals surface area contributed by atoms with Crippen LogP contribution in [0.1, 0.15) is 11.1 Å². The molecule has 0 aromatic carbocycles. The topological polar surface area (TPSA) is 65.9 Å². The van der Waals surface area contributed by atoms with Crippen LogP contribution in [0.5, 0.6) is 5.88 Å². The van der Waals surface area contributed by atoms with Gasteiger partial charge in [-0.05, 0) is 6.92 Å². The molecule has 1 N–H and O–H groups in total. The van der Waals surface area contributed by atoms with E-state index in [9.17, 15) is 18.0 Å². The molecular formula is C9H7F3N2O2. The summed E-state index contributed by atoms with van der Waals surface area (Å²) in [5, 5.41) is 8.38. The zero-order valence-corrected chi connectivity index (χ0v) is 8.18. The zero-order chi connectivity index (χ0) is 12.3. The second-order valence-electron chi connectivity index (χ2n) is 2.98. The Morgan fingerprint density at radius 1 is 1.56 bits per heavy atom. The molecule has 4 nitrogen and oxygen atoms in total. The fourth-order valence-corrected chi connectivity index (χ4v) is 1.11. The summed E-state index contributed by atoms with van der Waals surface area (Å²) in [7, 11) is 0. The van der Waals surface area contributed by atoms with E-state index < -0.39 is 17.7 Å². The molecule has 0 radical (unpaired) electrons. The monoisotopic (exact) mass is 232 g/mol. The lowest BCUT2D eigenvalue weighted by atomic mass is 10.1. The van der Waals surface area contributed by atoms with Crippen molar-refractivity contribution >= 4 is 0 Å². The van der Waals surface area contributed by atoms with E-state index in [0.717, 1.165) is 6.20 Å². The van der Waals surface area contributed by atoms with Crippen LogP contribution in [-0.4, -0.2) is 11.3 Å². The summed E-state index contributed by atoms with van der Waals surface area (Å²) in [6.07, 6.45) is -3.98. The van der Waals surface area contributed by atoms with Crippen LogP contribution < -0.4 is 10.2 Å². The molecule has 16 heavy (non-hydrogen) atoms. The number of nitrogens with one attached hydrogen (secondary N) is 1. The first kappa shape index (κ1) is 12.1. The summed E-state index contributed by atoms with van der Waals surface area (Å²) in [5.74, 6) is -0.654. The van der Waals surface area contributed by atoms with Gasteiger partial charge in [0.1, 0.15) is 0 Å². The smallest absolute Gasteiger partial charge is 0.390 e. The molecule has 0 saturated carbocycles. The SMILES string of the molecule is Cc1c(OC(F)(F)F)[nH]cc(CC#N)c1=O. The zero-order valence-electron chi connectivity index (χ0n) is 8.18. The van der Waals surface area contributed by atoms with E-state index >= 15 is 0 Å². The van der Waals surface area contributed by atoms with Gasteiger partial charge in [-0.2, -0.15) is 5.26 Å².